The van der Waals surface area contributed by atoms with Gasteiger partial charge in [0.25, 0.3) is 0 Å². The average molecular weight is 251 g/mol. The van der Waals surface area contributed by atoms with Gasteiger partial charge in [0.1, 0.15) is 0 Å². The van der Waals surface area contributed by atoms with E-state index in [0.717, 1.165) is 0 Å². The molecule has 1 heterocycles. The maximum absolute atomic E-state index is 11.3. The van der Waals surface area contributed by atoms with Gasteiger partial charge in [-0.15, -0.1) is 0 Å². The lowest BCUT2D eigenvalue weighted by molar-refractivity contribution is -0.130. The Balaban J connectivity index is 2.25. The summed E-state index contributed by atoms with van der Waals surface area (Å²) in [5.41, 5.74) is 0.338. The Bertz CT molecular complexity index is 490. The molecule has 1 aliphatic carbocycles. The summed E-state index contributed by atoms with van der Waals surface area (Å²) in [5.74, 6) is -0.397. The normalized spacial score (nSPS) is 29.6. The number of nitrogens with zero attached hydrogens (tertiary/aromatic N) is 2. The fraction of sp³-hybridized carbons (Fsp3) is 0.273. The highest BCUT2D eigenvalue weighted by Gasteiger charge is 2.26. The topological polar surface area (TPSA) is 105 Å². The number of rotatable bonds is 2. The highest BCUT2D eigenvalue weighted by molar-refractivity contribution is 6.04. The average Bonchev–Trinajstić information content (AvgIpc) is 2.60. The number of aliphatic hydroxyl groups excluding tert-OH is 1. The van der Waals surface area contributed by atoms with Gasteiger partial charge in [-0.25, -0.2) is 9.79 Å². The molecule has 1 aliphatic heterocycles. The predicted molar refractivity (Wildman–Crippen MR) is 61.3 cm³/mol. The van der Waals surface area contributed by atoms with Crippen LogP contribution in [0.15, 0.2) is 40.6 Å². The number of aliphatic hydroxyl groups is 1. The van der Waals surface area contributed by atoms with Crippen LogP contribution in [0.4, 0.5) is 0 Å². The third-order valence-electron chi connectivity index (χ3n) is 2.55. The Hall–Kier alpha value is -1.80. The maximum Gasteiger partial charge on any atom is 0.363 e. The largest absolute Gasteiger partial charge is 0.762 e. The molecule has 0 radical (unpaired) electrons. The summed E-state index contributed by atoms with van der Waals surface area (Å²) in [6.07, 6.45) is 4.45. The van der Waals surface area contributed by atoms with Crippen molar-refractivity contribution >= 4 is 11.9 Å². The predicted octanol–water partition coefficient (Wildman–Crippen LogP) is 0.260. The van der Waals surface area contributed by atoms with Gasteiger partial charge < -0.3 is 20.3 Å². The highest BCUT2D eigenvalue weighted by atomic mass is 16.8. The Kier molecular flexibility index (Phi) is 3.39. The molecule has 0 saturated heterocycles. The summed E-state index contributed by atoms with van der Waals surface area (Å²) in [6.45, 7) is 1.53. The molecule has 0 aromatic heterocycles. The molecular formula is C11H11N2O5-. The molecule has 0 saturated carbocycles. The molecule has 0 amide bonds. The second-order valence-corrected chi connectivity index (χ2v) is 3.84. The number of cyclic esters (lactones) is 1. The number of ether oxygens (including phenoxy) is 1. The van der Waals surface area contributed by atoms with Crippen LogP contribution < -0.4 is 0 Å². The third-order valence-corrected chi connectivity index (χ3v) is 2.55. The van der Waals surface area contributed by atoms with Crippen molar-refractivity contribution in [2.75, 3.05) is 0 Å². The monoisotopic (exact) mass is 251 g/mol. The van der Waals surface area contributed by atoms with Crippen molar-refractivity contribution in [1.82, 2.24) is 5.23 Å². The van der Waals surface area contributed by atoms with Gasteiger partial charge in [-0.3, -0.25) is 5.23 Å². The van der Waals surface area contributed by atoms with E-state index in [0.29, 0.717) is 5.57 Å². The van der Waals surface area contributed by atoms with Gasteiger partial charge in [-0.05, 0) is 11.6 Å². The van der Waals surface area contributed by atoms with E-state index in [1.54, 1.807) is 0 Å². The summed E-state index contributed by atoms with van der Waals surface area (Å²) in [6, 6.07) is -1.11. The first-order valence-corrected chi connectivity index (χ1v) is 5.20. The molecule has 0 aromatic carbocycles. The van der Waals surface area contributed by atoms with E-state index in [2.05, 4.69) is 4.99 Å². The summed E-state index contributed by atoms with van der Waals surface area (Å²) in [4.78, 5) is 15.2. The molecule has 0 aromatic rings. The van der Waals surface area contributed by atoms with E-state index in [4.69, 9.17) is 9.94 Å². The number of hydroxylamine groups is 2. The Morgan fingerprint density at radius 1 is 1.61 bits per heavy atom. The molecular weight excluding hydrogens is 240 g/mol. The number of carbonyl (C=O) groups is 1. The zero-order valence-corrected chi connectivity index (χ0v) is 9.48. The van der Waals surface area contributed by atoms with E-state index in [1.807, 2.05) is 0 Å². The van der Waals surface area contributed by atoms with Crippen molar-refractivity contribution in [3.05, 3.63) is 40.8 Å². The van der Waals surface area contributed by atoms with Crippen molar-refractivity contribution in [2.24, 2.45) is 4.99 Å². The zero-order chi connectivity index (χ0) is 13.3. The van der Waals surface area contributed by atoms with Crippen molar-refractivity contribution in [3.63, 3.8) is 0 Å². The zero-order valence-electron chi connectivity index (χ0n) is 9.48. The first-order chi connectivity index (χ1) is 8.49. The van der Waals surface area contributed by atoms with Crippen LogP contribution in [0.25, 0.3) is 0 Å². The number of carbonyl (C=O) groups excluding carboxylic acids is 1. The lowest BCUT2D eigenvalue weighted by Gasteiger charge is -2.33. The van der Waals surface area contributed by atoms with Crippen LogP contribution in [0.5, 0.6) is 0 Å². The molecule has 2 aliphatic rings. The first kappa shape index (κ1) is 12.7. The van der Waals surface area contributed by atoms with E-state index >= 15 is 0 Å². The van der Waals surface area contributed by atoms with Gasteiger partial charge >= 0.3 is 5.97 Å². The molecule has 0 unspecified atom stereocenters. The smallest absolute Gasteiger partial charge is 0.363 e. The molecule has 2 rings (SSSR count). The van der Waals surface area contributed by atoms with E-state index in [-0.39, 0.29) is 16.8 Å². The highest BCUT2D eigenvalue weighted by Crippen LogP contribution is 2.21. The van der Waals surface area contributed by atoms with E-state index < -0.39 is 18.1 Å². The van der Waals surface area contributed by atoms with Crippen LogP contribution in [0.2, 0.25) is 0 Å². The summed E-state index contributed by atoms with van der Waals surface area (Å²) >= 11 is 0. The van der Waals surface area contributed by atoms with Crippen LogP contribution >= 0.6 is 0 Å². The molecule has 2 N–H and O–H groups in total. The van der Waals surface area contributed by atoms with Crippen molar-refractivity contribution < 1.29 is 19.8 Å². The lowest BCUT2D eigenvalue weighted by atomic mass is 9.96. The summed E-state index contributed by atoms with van der Waals surface area (Å²) in [7, 11) is 0. The quantitative estimate of drug-likeness (QED) is 0.414. The molecule has 0 spiro atoms. The number of hydrogen-bond acceptors (Lipinski definition) is 7. The van der Waals surface area contributed by atoms with Gasteiger partial charge in [-0.1, -0.05) is 18.2 Å². The second-order valence-electron chi connectivity index (χ2n) is 3.84. The van der Waals surface area contributed by atoms with Gasteiger partial charge in [0.2, 0.25) is 0 Å². The first-order valence-electron chi connectivity index (χ1n) is 5.20. The number of hydrogen-bond donors (Lipinski definition) is 2. The van der Waals surface area contributed by atoms with Gasteiger partial charge in [0, 0.05) is 6.92 Å². The molecule has 7 heteroatoms. The second kappa shape index (κ2) is 4.83. The molecule has 18 heavy (non-hydrogen) atoms. The van der Waals surface area contributed by atoms with Crippen LogP contribution in [0.1, 0.15) is 6.92 Å². The van der Waals surface area contributed by atoms with Crippen LogP contribution in [0.3, 0.4) is 0 Å². The minimum atomic E-state index is -1.24. The van der Waals surface area contributed by atoms with Crippen molar-refractivity contribution in [3.8, 4) is 0 Å². The van der Waals surface area contributed by atoms with Crippen LogP contribution in [0, 0.1) is 5.21 Å². The summed E-state index contributed by atoms with van der Waals surface area (Å²) < 4.78 is 4.72. The van der Waals surface area contributed by atoms with Gasteiger partial charge in [0.15, 0.2) is 11.6 Å². The Morgan fingerprint density at radius 3 is 2.89 bits per heavy atom. The molecule has 0 bridgehead atoms. The molecule has 96 valence electrons. The molecule has 2 atom stereocenters. The third kappa shape index (κ3) is 2.39. The number of allylic oxidation sites excluding steroid dienone is 2. The van der Waals surface area contributed by atoms with Gasteiger partial charge in [-0.2, -0.15) is 0 Å². The Labute approximate surface area is 103 Å². The minimum absolute atomic E-state index is 0.0437. The van der Waals surface area contributed by atoms with Crippen LogP contribution in [-0.2, 0) is 9.53 Å². The molecule has 0 fully saturated rings. The fourth-order valence-electron chi connectivity index (χ4n) is 1.68. The number of aliphatic imine (C=N–C) groups is 1. The Morgan fingerprint density at radius 2 is 2.33 bits per heavy atom. The van der Waals surface area contributed by atoms with E-state index in [1.165, 1.54) is 31.2 Å². The summed E-state index contributed by atoms with van der Waals surface area (Å²) in [5, 5.41) is 29.1. The van der Waals surface area contributed by atoms with Crippen molar-refractivity contribution in [2.45, 2.75) is 19.1 Å². The number of esters is 1. The lowest BCUT2D eigenvalue weighted by Crippen LogP contribution is -2.38. The maximum atomic E-state index is 11.3. The van der Waals surface area contributed by atoms with Crippen LogP contribution in [-0.4, -0.2) is 39.6 Å². The van der Waals surface area contributed by atoms with E-state index in [9.17, 15) is 15.1 Å². The minimum Gasteiger partial charge on any atom is -0.762 e. The van der Waals surface area contributed by atoms with Crippen molar-refractivity contribution in [1.29, 1.82) is 0 Å². The fourth-order valence-corrected chi connectivity index (χ4v) is 1.68. The molecule has 7 nitrogen and oxygen atoms in total. The standard InChI is InChI=1S/C11H11N2O5/c1-6-12-8(11(15)18-6)5-7-3-2-4-9(10(7)14)13(16)17/h2-5,9-10,14,16H,1H3/q-1/b8-5+/t9-,10+/m1/s1. The SMILES string of the molecule is CC1=N/C(=C/C2=CC=C[C@@H](N([O-])O)[C@H]2O)C(=O)O1. The van der Waals surface area contributed by atoms with Gasteiger partial charge in [0.05, 0.1) is 12.1 Å².